The van der Waals surface area contributed by atoms with Gasteiger partial charge in [-0.2, -0.15) is 3.71 Å². The third-order valence-electron chi connectivity index (χ3n) is 3.84. The van der Waals surface area contributed by atoms with E-state index in [1.165, 1.54) is 0 Å². The van der Waals surface area contributed by atoms with Gasteiger partial charge >= 0.3 is 0 Å². The van der Waals surface area contributed by atoms with E-state index in [0.717, 1.165) is 30.9 Å². The highest BCUT2D eigenvalue weighted by molar-refractivity contribution is 8.09. The largest absolute Gasteiger partial charge is 0.462 e. The highest BCUT2D eigenvalue weighted by Crippen LogP contribution is 2.38. The van der Waals surface area contributed by atoms with Crippen LogP contribution in [-0.2, 0) is 24.8 Å². The number of para-hydroxylation sites is 1. The molecule has 3 rings (SSSR count). The Kier molecular flexibility index (Phi) is 5.55. The van der Waals surface area contributed by atoms with Crippen LogP contribution in [0.2, 0.25) is 0 Å². The van der Waals surface area contributed by atoms with Crippen LogP contribution in [0.3, 0.4) is 0 Å². The molecule has 10 nitrogen and oxygen atoms in total. The maximum absolute atomic E-state index is 12.6. The summed E-state index contributed by atoms with van der Waals surface area (Å²) in [6.45, 7) is 0. The second kappa shape index (κ2) is 7.80. The first-order valence-corrected chi connectivity index (χ1v) is 11.9. The molecule has 1 N–H and O–H groups in total. The minimum absolute atomic E-state index is 0.0570. The number of hydrogen-bond acceptors (Lipinski definition) is 8. The molecule has 1 amide bonds. The molecule has 0 fully saturated rings. The molecule has 0 unspecified atom stereocenters. The van der Waals surface area contributed by atoms with Crippen LogP contribution in [0.1, 0.15) is 0 Å². The maximum Gasteiger partial charge on any atom is 0.245 e. The number of amides is 1. The number of benzene rings is 2. The van der Waals surface area contributed by atoms with Crippen molar-refractivity contribution in [2.24, 2.45) is 0 Å². The Bertz CT molecular complexity index is 1350. The van der Waals surface area contributed by atoms with Crippen molar-refractivity contribution in [1.82, 2.24) is 0 Å². The minimum Gasteiger partial charge on any atom is -0.462 e. The first-order valence-electron chi connectivity index (χ1n) is 8.25. The Labute approximate surface area is 171 Å². The van der Waals surface area contributed by atoms with Gasteiger partial charge in [0.2, 0.25) is 31.9 Å². The summed E-state index contributed by atoms with van der Waals surface area (Å²) in [5, 5.41) is 2.14. The highest BCUT2D eigenvalue weighted by atomic mass is 32.3. The monoisotopic (exact) mass is 452 g/mol. The average Bonchev–Trinajstić information content (AvgIpc) is 2.64. The van der Waals surface area contributed by atoms with Crippen molar-refractivity contribution >= 4 is 48.8 Å². The molecular formula is C18H16N2O8S2. The molecule has 0 spiro atoms. The topological polar surface area (TPSA) is 140 Å². The van der Waals surface area contributed by atoms with E-state index in [0.29, 0.717) is 6.41 Å². The minimum atomic E-state index is -4.30. The van der Waals surface area contributed by atoms with Crippen LogP contribution in [0, 0.1) is 0 Å². The molecule has 0 atom stereocenters. The predicted octanol–water partition coefficient (Wildman–Crippen LogP) is 1.88. The molecule has 0 saturated carbocycles. The Morgan fingerprint density at radius 3 is 2.23 bits per heavy atom. The van der Waals surface area contributed by atoms with E-state index in [1.807, 2.05) is 0 Å². The average molecular weight is 452 g/mol. The predicted molar refractivity (Wildman–Crippen MR) is 111 cm³/mol. The lowest BCUT2D eigenvalue weighted by Gasteiger charge is -2.22. The molecule has 3 aromatic rings. The Hall–Kier alpha value is -3.38. The molecule has 0 radical (unpaired) electrons. The number of nitrogens with zero attached hydrogens (tertiary/aromatic N) is 1. The van der Waals surface area contributed by atoms with Crippen molar-refractivity contribution in [2.75, 3.05) is 21.5 Å². The van der Waals surface area contributed by atoms with Crippen LogP contribution in [-0.4, -0.2) is 35.8 Å². The number of carbonyl (C=O) groups excluding carboxylic acids is 1. The van der Waals surface area contributed by atoms with Gasteiger partial charge in [-0.05, 0) is 18.2 Å². The van der Waals surface area contributed by atoms with E-state index >= 15 is 0 Å². The Morgan fingerprint density at radius 1 is 1.03 bits per heavy atom. The lowest BCUT2D eigenvalue weighted by molar-refractivity contribution is -0.105. The molecular weight excluding hydrogens is 436 g/mol. The van der Waals surface area contributed by atoms with Crippen molar-refractivity contribution < 1.29 is 30.8 Å². The van der Waals surface area contributed by atoms with Crippen molar-refractivity contribution in [3.05, 3.63) is 59.0 Å². The van der Waals surface area contributed by atoms with Gasteiger partial charge < -0.3 is 14.5 Å². The van der Waals surface area contributed by atoms with Crippen LogP contribution in [0.4, 0.5) is 11.4 Å². The van der Waals surface area contributed by atoms with E-state index in [9.17, 15) is 26.4 Å². The van der Waals surface area contributed by atoms with E-state index < -0.39 is 25.5 Å². The molecule has 0 saturated heterocycles. The first-order chi connectivity index (χ1) is 14.0. The summed E-state index contributed by atoms with van der Waals surface area (Å²) in [6.07, 6.45) is 2.70. The molecule has 12 heteroatoms. The van der Waals surface area contributed by atoms with Gasteiger partial charge in [-0.15, -0.1) is 0 Å². The van der Waals surface area contributed by atoms with Crippen molar-refractivity contribution in [3.8, 4) is 11.5 Å². The van der Waals surface area contributed by atoms with Crippen molar-refractivity contribution in [3.63, 3.8) is 0 Å². The third kappa shape index (κ3) is 4.28. The van der Waals surface area contributed by atoms with Gasteiger partial charge in [-0.1, -0.05) is 18.2 Å². The first kappa shape index (κ1) is 21.3. The van der Waals surface area contributed by atoms with Gasteiger partial charge in [-0.25, -0.2) is 16.8 Å². The number of rotatable bonds is 7. The zero-order chi connectivity index (χ0) is 22.1. The maximum atomic E-state index is 12.6. The van der Waals surface area contributed by atoms with Gasteiger partial charge in [0, 0.05) is 6.07 Å². The summed E-state index contributed by atoms with van der Waals surface area (Å²) in [6, 6.07) is 10.4. The SMILES string of the molecule is CS(=O)(=O)N(c1cc2occ(NC=O)c(=O)c2cc1Oc1ccccc1)S(C)(=O)=O. The fraction of sp³-hybridized carbons (Fsp3) is 0.111. The standard InChI is InChI=1S/C18H16N2O8S2/c1-29(23,24)20(30(2,25)26)15-9-16-13(18(22)14(10-27-16)19-11-21)8-17(15)28-12-6-4-3-5-7-12/h3-11H,1-2H3,(H,19,21). The fourth-order valence-electron chi connectivity index (χ4n) is 2.75. The number of hydrogen-bond donors (Lipinski definition) is 1. The quantitative estimate of drug-likeness (QED) is 0.536. The Balaban J connectivity index is 2.36. The highest BCUT2D eigenvalue weighted by Gasteiger charge is 2.31. The number of sulfonamides is 2. The molecule has 158 valence electrons. The molecule has 0 bridgehead atoms. The van der Waals surface area contributed by atoms with E-state index in [2.05, 4.69) is 5.32 Å². The molecule has 1 aromatic heterocycles. The number of carbonyl (C=O) groups is 1. The van der Waals surface area contributed by atoms with Crippen LogP contribution in [0.5, 0.6) is 11.5 Å². The molecule has 0 aliphatic heterocycles. The van der Waals surface area contributed by atoms with E-state index in [-0.39, 0.29) is 37.6 Å². The lowest BCUT2D eigenvalue weighted by atomic mass is 10.2. The van der Waals surface area contributed by atoms with E-state index in [4.69, 9.17) is 9.15 Å². The van der Waals surface area contributed by atoms with Gasteiger partial charge in [0.1, 0.15) is 29.0 Å². The summed E-state index contributed by atoms with van der Waals surface area (Å²) >= 11 is 0. The second-order valence-corrected chi connectivity index (χ2v) is 10.1. The van der Waals surface area contributed by atoms with E-state index in [1.54, 1.807) is 30.3 Å². The molecule has 2 aromatic carbocycles. The summed E-state index contributed by atoms with van der Waals surface area (Å²) in [7, 11) is -8.60. The number of anilines is 2. The third-order valence-corrected chi connectivity index (χ3v) is 7.06. The smallest absolute Gasteiger partial charge is 0.245 e. The normalized spacial score (nSPS) is 11.8. The molecule has 30 heavy (non-hydrogen) atoms. The molecule has 1 heterocycles. The lowest BCUT2D eigenvalue weighted by Crippen LogP contribution is -2.35. The van der Waals surface area contributed by atoms with Gasteiger partial charge in [0.05, 0.1) is 17.9 Å². The fourth-order valence-corrected chi connectivity index (χ4v) is 5.72. The van der Waals surface area contributed by atoms with Crippen LogP contribution >= 0.6 is 0 Å². The second-order valence-electron chi connectivity index (χ2n) is 6.20. The zero-order valence-corrected chi connectivity index (χ0v) is 17.4. The summed E-state index contributed by atoms with van der Waals surface area (Å²) < 4.78 is 60.3. The van der Waals surface area contributed by atoms with Crippen LogP contribution in [0.25, 0.3) is 11.0 Å². The van der Waals surface area contributed by atoms with Gasteiger partial charge in [0.15, 0.2) is 5.75 Å². The summed E-state index contributed by atoms with van der Waals surface area (Å²) in [4.78, 5) is 23.3. The molecule has 0 aliphatic carbocycles. The zero-order valence-electron chi connectivity index (χ0n) is 15.7. The van der Waals surface area contributed by atoms with Gasteiger partial charge in [0.25, 0.3) is 0 Å². The summed E-state index contributed by atoms with van der Waals surface area (Å²) in [5.41, 5.74) is -1.25. The number of fused-ring (bicyclic) bond motifs is 1. The van der Waals surface area contributed by atoms with Crippen molar-refractivity contribution in [1.29, 1.82) is 0 Å². The Morgan fingerprint density at radius 2 is 1.67 bits per heavy atom. The number of ether oxygens (including phenoxy) is 1. The summed E-state index contributed by atoms with van der Waals surface area (Å²) in [5.74, 6) is 0.0479. The van der Waals surface area contributed by atoms with Crippen molar-refractivity contribution in [2.45, 2.75) is 0 Å². The van der Waals surface area contributed by atoms with Gasteiger partial charge in [-0.3, -0.25) is 9.59 Å². The number of nitrogens with one attached hydrogen (secondary N) is 1. The molecule has 0 aliphatic rings. The van der Waals surface area contributed by atoms with Crippen LogP contribution < -0.4 is 19.2 Å². The van der Waals surface area contributed by atoms with Crippen LogP contribution in [0.15, 0.2) is 57.9 Å².